The number of anilines is 2. The highest BCUT2D eigenvalue weighted by Gasteiger charge is 2.23. The Bertz CT molecular complexity index is 1090. The Balaban J connectivity index is 2.09. The molecule has 3 aromatic rings. The van der Waals surface area contributed by atoms with Gasteiger partial charge in [-0.25, -0.2) is 4.68 Å². The van der Waals surface area contributed by atoms with Gasteiger partial charge in [0.15, 0.2) is 0 Å². The van der Waals surface area contributed by atoms with Crippen LogP contribution >= 0.6 is 0 Å². The molecular formula is C26H32N6. The fourth-order valence-electron chi connectivity index (χ4n) is 3.74. The van der Waals surface area contributed by atoms with E-state index >= 15 is 0 Å². The number of rotatable bonds is 9. The zero-order valence-electron chi connectivity index (χ0n) is 19.3. The minimum Gasteiger partial charge on any atom is -0.397 e. The average molecular weight is 429 g/mol. The first-order chi connectivity index (χ1) is 15.5. The van der Waals surface area contributed by atoms with Crippen molar-refractivity contribution in [1.29, 1.82) is 0 Å². The summed E-state index contributed by atoms with van der Waals surface area (Å²) in [4.78, 5) is 4.66. The van der Waals surface area contributed by atoms with Crippen LogP contribution in [0.2, 0.25) is 0 Å². The summed E-state index contributed by atoms with van der Waals surface area (Å²) in [6.45, 7) is 10.2. The van der Waals surface area contributed by atoms with Crippen molar-refractivity contribution >= 4 is 11.4 Å². The SMILES string of the molecule is C=C/C=C\C=C(/C(C)CC)C(Nc1cc(-c2c(C)nnn2C)ccc1N)c1ccccn1. The molecule has 0 fully saturated rings. The maximum atomic E-state index is 6.41. The summed E-state index contributed by atoms with van der Waals surface area (Å²) in [5.41, 5.74) is 12.9. The molecule has 2 atom stereocenters. The number of nitrogens with one attached hydrogen (secondary N) is 1. The summed E-state index contributed by atoms with van der Waals surface area (Å²) in [6.07, 6.45) is 10.7. The Morgan fingerprint density at radius 2 is 2.06 bits per heavy atom. The molecule has 0 saturated heterocycles. The largest absolute Gasteiger partial charge is 0.397 e. The maximum Gasteiger partial charge on any atom is 0.0912 e. The fourth-order valence-corrected chi connectivity index (χ4v) is 3.74. The number of nitrogens with zero attached hydrogens (tertiary/aromatic N) is 4. The molecule has 6 heteroatoms. The highest BCUT2D eigenvalue weighted by molar-refractivity contribution is 5.76. The van der Waals surface area contributed by atoms with Crippen molar-refractivity contribution in [3.05, 3.63) is 90.4 Å². The van der Waals surface area contributed by atoms with Crippen molar-refractivity contribution in [3.63, 3.8) is 0 Å². The zero-order valence-corrected chi connectivity index (χ0v) is 19.3. The van der Waals surface area contributed by atoms with Crippen molar-refractivity contribution < 1.29 is 0 Å². The van der Waals surface area contributed by atoms with Gasteiger partial charge < -0.3 is 11.1 Å². The van der Waals surface area contributed by atoms with Gasteiger partial charge in [-0.05, 0) is 49.1 Å². The van der Waals surface area contributed by atoms with Gasteiger partial charge in [-0.15, -0.1) is 5.10 Å². The van der Waals surface area contributed by atoms with Gasteiger partial charge in [0.05, 0.1) is 34.5 Å². The molecule has 0 saturated carbocycles. The number of hydrogen-bond acceptors (Lipinski definition) is 5. The number of hydrogen-bond donors (Lipinski definition) is 2. The third-order valence-electron chi connectivity index (χ3n) is 5.66. The van der Waals surface area contributed by atoms with Crippen LogP contribution in [0.4, 0.5) is 11.4 Å². The molecular weight excluding hydrogens is 396 g/mol. The van der Waals surface area contributed by atoms with E-state index in [1.807, 2.05) is 62.7 Å². The van der Waals surface area contributed by atoms with Crippen LogP contribution in [-0.2, 0) is 7.05 Å². The molecule has 0 aliphatic rings. The summed E-state index contributed by atoms with van der Waals surface area (Å²) in [7, 11) is 1.89. The van der Waals surface area contributed by atoms with Gasteiger partial charge in [0.2, 0.25) is 0 Å². The second-order valence-corrected chi connectivity index (χ2v) is 7.88. The number of pyridine rings is 1. The first-order valence-electron chi connectivity index (χ1n) is 10.9. The molecule has 0 radical (unpaired) electrons. The molecule has 0 bridgehead atoms. The molecule has 166 valence electrons. The Hall–Kier alpha value is -3.67. The van der Waals surface area contributed by atoms with E-state index in [1.165, 1.54) is 5.57 Å². The van der Waals surface area contributed by atoms with Crippen LogP contribution in [0.3, 0.4) is 0 Å². The molecule has 2 unspecified atom stereocenters. The molecule has 32 heavy (non-hydrogen) atoms. The average Bonchev–Trinajstić information content (AvgIpc) is 3.14. The van der Waals surface area contributed by atoms with Crippen LogP contribution in [0.5, 0.6) is 0 Å². The van der Waals surface area contributed by atoms with Crippen molar-refractivity contribution in [2.24, 2.45) is 13.0 Å². The Morgan fingerprint density at radius 1 is 1.25 bits per heavy atom. The van der Waals surface area contributed by atoms with E-state index in [1.54, 1.807) is 10.8 Å². The summed E-state index contributed by atoms with van der Waals surface area (Å²) in [5.74, 6) is 0.344. The molecule has 0 aliphatic heterocycles. The van der Waals surface area contributed by atoms with Crippen molar-refractivity contribution in [2.75, 3.05) is 11.1 Å². The summed E-state index contributed by atoms with van der Waals surface area (Å²) < 4.78 is 1.78. The molecule has 0 spiro atoms. The topological polar surface area (TPSA) is 81.7 Å². The minimum atomic E-state index is -0.135. The molecule has 3 N–H and O–H groups in total. The monoisotopic (exact) mass is 428 g/mol. The summed E-state index contributed by atoms with van der Waals surface area (Å²) >= 11 is 0. The first-order valence-corrected chi connectivity index (χ1v) is 10.9. The van der Waals surface area contributed by atoms with Gasteiger partial charge in [0.25, 0.3) is 0 Å². The highest BCUT2D eigenvalue weighted by Crippen LogP contribution is 2.35. The third kappa shape index (κ3) is 5.14. The number of nitrogens with two attached hydrogens (primary N) is 1. The molecule has 0 aliphatic carbocycles. The van der Waals surface area contributed by atoms with E-state index < -0.39 is 0 Å². The molecule has 3 rings (SSSR count). The quantitative estimate of drug-likeness (QED) is 0.341. The highest BCUT2D eigenvalue weighted by atomic mass is 15.4. The van der Waals surface area contributed by atoms with Crippen LogP contribution in [-0.4, -0.2) is 20.0 Å². The summed E-state index contributed by atoms with van der Waals surface area (Å²) in [5, 5.41) is 12.0. The van der Waals surface area contributed by atoms with Gasteiger partial charge in [-0.1, -0.05) is 62.1 Å². The molecule has 1 aromatic carbocycles. The Morgan fingerprint density at radius 3 is 2.69 bits per heavy atom. The lowest BCUT2D eigenvalue weighted by Gasteiger charge is -2.27. The minimum absolute atomic E-state index is 0.135. The van der Waals surface area contributed by atoms with E-state index in [-0.39, 0.29) is 6.04 Å². The van der Waals surface area contributed by atoms with Crippen LogP contribution in [0.15, 0.2) is 79.1 Å². The fraction of sp³-hybridized carbons (Fsp3) is 0.269. The smallest absolute Gasteiger partial charge is 0.0912 e. The number of aryl methyl sites for hydroxylation is 2. The van der Waals surface area contributed by atoms with Gasteiger partial charge in [0, 0.05) is 18.8 Å². The van der Waals surface area contributed by atoms with E-state index in [4.69, 9.17) is 5.73 Å². The van der Waals surface area contributed by atoms with Gasteiger partial charge in [-0.2, -0.15) is 0 Å². The van der Waals surface area contributed by atoms with Gasteiger partial charge in [0.1, 0.15) is 0 Å². The van der Waals surface area contributed by atoms with Crippen molar-refractivity contribution in [3.8, 4) is 11.3 Å². The zero-order chi connectivity index (χ0) is 23.1. The van der Waals surface area contributed by atoms with E-state index in [0.29, 0.717) is 11.6 Å². The first kappa shape index (κ1) is 23.0. The second-order valence-electron chi connectivity index (χ2n) is 7.88. The van der Waals surface area contributed by atoms with E-state index in [9.17, 15) is 0 Å². The van der Waals surface area contributed by atoms with Crippen molar-refractivity contribution in [2.45, 2.75) is 33.2 Å². The molecule has 0 amide bonds. The van der Waals surface area contributed by atoms with Crippen LogP contribution in [0, 0.1) is 12.8 Å². The summed E-state index contributed by atoms with van der Waals surface area (Å²) in [6, 6.07) is 11.8. The molecule has 2 aromatic heterocycles. The maximum absolute atomic E-state index is 6.41. The lowest BCUT2D eigenvalue weighted by molar-refractivity contribution is 0.604. The Labute approximate surface area is 190 Å². The molecule has 6 nitrogen and oxygen atoms in total. The van der Waals surface area contributed by atoms with Crippen molar-refractivity contribution in [1.82, 2.24) is 20.0 Å². The predicted octanol–water partition coefficient (Wildman–Crippen LogP) is 5.64. The van der Waals surface area contributed by atoms with Crippen LogP contribution < -0.4 is 11.1 Å². The Kier molecular flexibility index (Phi) is 7.60. The van der Waals surface area contributed by atoms with E-state index in [0.717, 1.165) is 34.8 Å². The standard InChI is InChI=1S/C26H32N6/c1-6-8-9-12-21(18(3)7-2)25(23-13-10-11-16-28-23)29-24-17-20(14-15-22(24)27)26-19(4)30-31-32(26)5/h6,8-18,25,29H,1,7,27H2,2-5H3/b9-8-,21-12+. The van der Waals surface area contributed by atoms with Gasteiger partial charge in [-0.3, -0.25) is 4.98 Å². The normalized spacial score (nSPS) is 13.8. The number of aromatic nitrogens is 4. The third-order valence-corrected chi connectivity index (χ3v) is 5.66. The second kappa shape index (κ2) is 10.6. The predicted molar refractivity (Wildman–Crippen MR) is 133 cm³/mol. The van der Waals surface area contributed by atoms with Gasteiger partial charge >= 0.3 is 0 Å². The molecule has 2 heterocycles. The van der Waals surface area contributed by atoms with Crippen LogP contribution in [0.1, 0.15) is 37.7 Å². The van der Waals surface area contributed by atoms with Crippen LogP contribution in [0.25, 0.3) is 11.3 Å². The number of benzene rings is 1. The number of nitrogen functional groups attached to an aromatic ring is 1. The lowest BCUT2D eigenvalue weighted by Crippen LogP contribution is -2.19. The lowest BCUT2D eigenvalue weighted by atomic mass is 9.89. The van der Waals surface area contributed by atoms with E-state index in [2.05, 4.69) is 53.2 Å². The number of allylic oxidation sites excluding steroid dienone is 4.